The summed E-state index contributed by atoms with van der Waals surface area (Å²) in [5.74, 6) is -0.992. The van der Waals surface area contributed by atoms with Crippen LogP contribution in [0.4, 0.5) is 0 Å². The van der Waals surface area contributed by atoms with Crippen LogP contribution in [0.5, 0.6) is 0 Å². The van der Waals surface area contributed by atoms with Gasteiger partial charge in [-0.15, -0.1) is 0 Å². The molecule has 92 valence electrons. The number of nitrogens with one attached hydrogen (secondary N) is 1. The topological polar surface area (TPSA) is 90.3 Å². The van der Waals surface area contributed by atoms with Crippen molar-refractivity contribution in [1.82, 2.24) is 14.9 Å². The van der Waals surface area contributed by atoms with Gasteiger partial charge in [-0.1, -0.05) is 0 Å². The molecule has 0 spiro atoms. The van der Waals surface area contributed by atoms with Crippen molar-refractivity contribution in [2.24, 2.45) is 0 Å². The molecule has 0 aliphatic rings. The molecule has 0 aliphatic heterocycles. The number of carbonyl (C=O) groups excluding carboxylic acids is 2. The SMILES string of the molecule is COC(=O)C(Cn1cnccc1=O)NC(C)=O. The molecule has 0 aliphatic carbocycles. The van der Waals surface area contributed by atoms with E-state index in [1.165, 1.54) is 37.2 Å². The van der Waals surface area contributed by atoms with Crippen LogP contribution >= 0.6 is 0 Å². The number of carbonyl (C=O) groups is 2. The van der Waals surface area contributed by atoms with E-state index in [0.717, 1.165) is 0 Å². The van der Waals surface area contributed by atoms with Gasteiger partial charge in [-0.05, 0) is 0 Å². The van der Waals surface area contributed by atoms with E-state index in [4.69, 9.17) is 0 Å². The number of methoxy groups -OCH3 is 1. The fourth-order valence-corrected chi connectivity index (χ4v) is 1.28. The Morgan fingerprint density at radius 1 is 1.59 bits per heavy atom. The predicted molar refractivity (Wildman–Crippen MR) is 58.1 cm³/mol. The first-order chi connectivity index (χ1) is 8.04. The lowest BCUT2D eigenvalue weighted by Crippen LogP contribution is -2.45. The monoisotopic (exact) mass is 239 g/mol. The molecule has 0 bridgehead atoms. The highest BCUT2D eigenvalue weighted by Gasteiger charge is 2.20. The highest BCUT2D eigenvalue weighted by Crippen LogP contribution is 1.92. The van der Waals surface area contributed by atoms with E-state index in [0.29, 0.717) is 0 Å². The van der Waals surface area contributed by atoms with Gasteiger partial charge in [0, 0.05) is 19.2 Å². The van der Waals surface area contributed by atoms with Crippen LogP contribution in [0.25, 0.3) is 0 Å². The molecule has 1 N–H and O–H groups in total. The summed E-state index contributed by atoms with van der Waals surface area (Å²) in [6.07, 6.45) is 2.64. The van der Waals surface area contributed by atoms with E-state index >= 15 is 0 Å². The summed E-state index contributed by atoms with van der Waals surface area (Å²) in [6, 6.07) is 0.363. The van der Waals surface area contributed by atoms with Crippen LogP contribution in [-0.2, 0) is 20.9 Å². The first-order valence-corrected chi connectivity index (χ1v) is 4.90. The molecule has 0 saturated carbocycles. The first kappa shape index (κ1) is 12.9. The van der Waals surface area contributed by atoms with Crippen molar-refractivity contribution in [2.75, 3.05) is 7.11 Å². The van der Waals surface area contributed by atoms with Gasteiger partial charge in [-0.3, -0.25) is 14.2 Å². The molecule has 1 heterocycles. The van der Waals surface area contributed by atoms with Crippen LogP contribution < -0.4 is 10.9 Å². The van der Waals surface area contributed by atoms with Crippen LogP contribution in [0.15, 0.2) is 23.4 Å². The molecular weight excluding hydrogens is 226 g/mol. The van der Waals surface area contributed by atoms with Crippen LogP contribution in [0.1, 0.15) is 6.92 Å². The molecule has 1 aromatic heterocycles. The Kier molecular flexibility index (Phi) is 4.38. The summed E-state index contributed by atoms with van der Waals surface area (Å²) in [5, 5.41) is 2.41. The van der Waals surface area contributed by atoms with Gasteiger partial charge in [-0.25, -0.2) is 9.78 Å². The normalized spacial score (nSPS) is 11.6. The Labute approximate surface area is 97.4 Å². The van der Waals surface area contributed by atoms with Crippen molar-refractivity contribution in [1.29, 1.82) is 0 Å². The Morgan fingerprint density at radius 2 is 2.29 bits per heavy atom. The van der Waals surface area contributed by atoms with Crippen molar-refractivity contribution in [3.05, 3.63) is 28.9 Å². The molecule has 0 radical (unpaired) electrons. The summed E-state index contributed by atoms with van der Waals surface area (Å²) in [4.78, 5) is 37.5. The van der Waals surface area contributed by atoms with E-state index in [-0.39, 0.29) is 18.0 Å². The van der Waals surface area contributed by atoms with Gasteiger partial charge in [0.15, 0.2) is 0 Å². The molecule has 1 aromatic rings. The third-order valence-electron chi connectivity index (χ3n) is 2.03. The zero-order valence-electron chi connectivity index (χ0n) is 9.54. The van der Waals surface area contributed by atoms with Gasteiger partial charge in [0.25, 0.3) is 5.56 Å². The molecule has 1 atom stereocenters. The Hall–Kier alpha value is -2.18. The molecule has 17 heavy (non-hydrogen) atoms. The Morgan fingerprint density at radius 3 is 2.82 bits per heavy atom. The fraction of sp³-hybridized carbons (Fsp3) is 0.400. The molecule has 1 rings (SSSR count). The zero-order valence-corrected chi connectivity index (χ0v) is 9.54. The average molecular weight is 239 g/mol. The number of esters is 1. The fourth-order valence-electron chi connectivity index (χ4n) is 1.28. The molecule has 0 saturated heterocycles. The molecular formula is C10H13N3O4. The zero-order chi connectivity index (χ0) is 12.8. The Balaban J connectivity index is 2.86. The van der Waals surface area contributed by atoms with E-state index in [9.17, 15) is 14.4 Å². The van der Waals surface area contributed by atoms with Crippen molar-refractivity contribution < 1.29 is 14.3 Å². The number of hydrogen-bond donors (Lipinski definition) is 1. The van der Waals surface area contributed by atoms with Crippen molar-refractivity contribution in [3.8, 4) is 0 Å². The average Bonchev–Trinajstić information content (AvgIpc) is 2.29. The summed E-state index contributed by atoms with van der Waals surface area (Å²) in [6.45, 7) is 1.26. The third-order valence-corrected chi connectivity index (χ3v) is 2.03. The van der Waals surface area contributed by atoms with Gasteiger partial charge in [0.05, 0.1) is 20.0 Å². The number of ether oxygens (including phenoxy) is 1. The Bertz CT molecular complexity index is 469. The minimum Gasteiger partial charge on any atom is -0.467 e. The second kappa shape index (κ2) is 5.78. The van der Waals surface area contributed by atoms with E-state index in [2.05, 4.69) is 15.0 Å². The highest BCUT2D eigenvalue weighted by molar-refractivity contribution is 5.83. The number of aromatic nitrogens is 2. The summed E-state index contributed by atoms with van der Waals surface area (Å²) >= 11 is 0. The molecule has 0 fully saturated rings. The standard InChI is InChI=1S/C10H13N3O4/c1-7(14)12-8(10(16)17-2)5-13-6-11-4-3-9(13)15/h3-4,6,8H,5H2,1-2H3,(H,12,14). The van der Waals surface area contributed by atoms with Crippen molar-refractivity contribution in [3.63, 3.8) is 0 Å². The molecule has 7 heteroatoms. The summed E-state index contributed by atoms with van der Waals surface area (Å²) < 4.78 is 5.76. The van der Waals surface area contributed by atoms with Gasteiger partial charge in [-0.2, -0.15) is 0 Å². The number of amides is 1. The third kappa shape index (κ3) is 3.71. The largest absolute Gasteiger partial charge is 0.467 e. The first-order valence-electron chi connectivity index (χ1n) is 4.90. The van der Waals surface area contributed by atoms with E-state index in [1.54, 1.807) is 0 Å². The lowest BCUT2D eigenvalue weighted by Gasteiger charge is -2.16. The van der Waals surface area contributed by atoms with E-state index in [1.807, 2.05) is 0 Å². The van der Waals surface area contributed by atoms with Crippen molar-refractivity contribution >= 4 is 11.9 Å². The lowest BCUT2D eigenvalue weighted by molar-refractivity contribution is -0.145. The second-order valence-electron chi connectivity index (χ2n) is 3.35. The molecule has 7 nitrogen and oxygen atoms in total. The number of nitrogens with zero attached hydrogens (tertiary/aromatic N) is 2. The van der Waals surface area contributed by atoms with Gasteiger partial charge in [0.2, 0.25) is 5.91 Å². The molecule has 1 unspecified atom stereocenters. The van der Waals surface area contributed by atoms with Crippen LogP contribution in [0.3, 0.4) is 0 Å². The van der Waals surface area contributed by atoms with Crippen LogP contribution in [-0.4, -0.2) is 34.6 Å². The molecule has 1 amide bonds. The maximum absolute atomic E-state index is 11.4. The van der Waals surface area contributed by atoms with Crippen LogP contribution in [0.2, 0.25) is 0 Å². The highest BCUT2D eigenvalue weighted by atomic mass is 16.5. The number of rotatable bonds is 4. The maximum atomic E-state index is 11.4. The second-order valence-corrected chi connectivity index (χ2v) is 3.35. The summed E-state index contributed by atoms with van der Waals surface area (Å²) in [7, 11) is 1.21. The van der Waals surface area contributed by atoms with Gasteiger partial charge in [0.1, 0.15) is 6.04 Å². The lowest BCUT2D eigenvalue weighted by atomic mass is 10.3. The minimum atomic E-state index is -0.903. The molecule has 0 aromatic carbocycles. The maximum Gasteiger partial charge on any atom is 0.330 e. The summed E-state index contributed by atoms with van der Waals surface area (Å²) in [5.41, 5.74) is -0.306. The smallest absolute Gasteiger partial charge is 0.330 e. The van der Waals surface area contributed by atoms with E-state index < -0.39 is 12.0 Å². The van der Waals surface area contributed by atoms with Gasteiger partial charge < -0.3 is 10.1 Å². The van der Waals surface area contributed by atoms with Gasteiger partial charge >= 0.3 is 5.97 Å². The van der Waals surface area contributed by atoms with Crippen molar-refractivity contribution in [2.45, 2.75) is 19.5 Å². The number of hydrogen-bond acceptors (Lipinski definition) is 5. The quantitative estimate of drug-likeness (QED) is 0.675. The predicted octanol–water partition coefficient (Wildman–Crippen LogP) is -1.08. The van der Waals surface area contributed by atoms with Crippen LogP contribution in [0, 0.1) is 0 Å². The minimum absolute atomic E-state index is 0.0150.